The lowest BCUT2D eigenvalue weighted by Gasteiger charge is -2.22. The van der Waals surface area contributed by atoms with Crippen molar-refractivity contribution >= 4 is 21.6 Å². The smallest absolute Gasteiger partial charge is 0.296 e. The highest BCUT2D eigenvalue weighted by Crippen LogP contribution is 2.34. The number of amides is 1. The van der Waals surface area contributed by atoms with Gasteiger partial charge in [0.2, 0.25) is 21.6 Å². The molecule has 2 heterocycles. The number of para-hydroxylation sites is 1. The van der Waals surface area contributed by atoms with Gasteiger partial charge in [0.1, 0.15) is 11.6 Å². The third-order valence-corrected chi connectivity index (χ3v) is 9.55. The van der Waals surface area contributed by atoms with Gasteiger partial charge in [0.25, 0.3) is 5.56 Å². The Kier molecular flexibility index (Phi) is 8.77. The van der Waals surface area contributed by atoms with E-state index in [2.05, 4.69) is 15.3 Å². The topological polar surface area (TPSA) is 131 Å². The molecule has 2 N–H and O–H groups in total. The SMILES string of the molecule is CCCCc1nc(=O)c(S(=O)(=O)c2ccc(-c3ccnc(NC(=O)C4CC4)c3)cc2)c(O)n1-c1c(CC)cccc1CC. The van der Waals surface area contributed by atoms with Gasteiger partial charge in [-0.3, -0.25) is 14.2 Å². The van der Waals surface area contributed by atoms with Crippen LogP contribution in [0.15, 0.2) is 75.4 Å². The summed E-state index contributed by atoms with van der Waals surface area (Å²) in [4.78, 5) is 33.0. The molecule has 1 aliphatic carbocycles. The van der Waals surface area contributed by atoms with Crippen molar-refractivity contribution in [2.24, 2.45) is 5.92 Å². The molecule has 1 fully saturated rings. The number of aryl methyl sites for hydroxylation is 3. The van der Waals surface area contributed by atoms with Crippen LogP contribution in [0, 0.1) is 5.92 Å². The predicted octanol–water partition coefficient (Wildman–Crippen LogP) is 5.65. The standard InChI is InChI=1S/C33H36N4O5S/c1-4-7-11-28-36-32(39)30(33(40)37(28)29-21(5-2)9-8-10-22(29)6-3)43(41,42)26-16-14-23(15-17-26)25-18-19-34-27(20-25)35-31(38)24-12-13-24/h8-10,14-20,24,40H,4-7,11-13H2,1-3H3,(H,34,35,38). The number of carbonyl (C=O) groups excluding carboxylic acids is 1. The normalized spacial score (nSPS) is 13.2. The minimum absolute atomic E-state index is 0.0372. The maximum Gasteiger partial charge on any atom is 0.296 e. The number of anilines is 1. The second-order valence-electron chi connectivity index (χ2n) is 10.8. The summed E-state index contributed by atoms with van der Waals surface area (Å²) in [6.07, 6.45) is 6.59. The number of rotatable bonds is 11. The fraction of sp³-hybridized carbons (Fsp3) is 0.333. The molecule has 1 amide bonds. The molecule has 0 saturated heterocycles. The number of nitrogens with one attached hydrogen (secondary N) is 1. The van der Waals surface area contributed by atoms with Gasteiger partial charge < -0.3 is 10.4 Å². The minimum Gasteiger partial charge on any atom is -0.493 e. The van der Waals surface area contributed by atoms with Gasteiger partial charge in [-0.05, 0) is 78.6 Å². The van der Waals surface area contributed by atoms with E-state index in [1.54, 1.807) is 30.5 Å². The lowest BCUT2D eigenvalue weighted by molar-refractivity contribution is -0.117. The fourth-order valence-corrected chi connectivity index (χ4v) is 6.55. The minimum atomic E-state index is -4.45. The van der Waals surface area contributed by atoms with E-state index in [1.807, 2.05) is 39.0 Å². The summed E-state index contributed by atoms with van der Waals surface area (Å²) in [6.45, 7) is 5.99. The molecule has 0 unspecified atom stereocenters. The van der Waals surface area contributed by atoms with Crippen molar-refractivity contribution in [2.45, 2.75) is 75.5 Å². The van der Waals surface area contributed by atoms with Gasteiger partial charge in [-0.15, -0.1) is 0 Å². The number of benzene rings is 2. The Morgan fingerprint density at radius 1 is 1.00 bits per heavy atom. The van der Waals surface area contributed by atoms with Crippen LogP contribution < -0.4 is 10.9 Å². The molecule has 0 atom stereocenters. The Morgan fingerprint density at radius 2 is 1.67 bits per heavy atom. The molecule has 4 aromatic rings. The second-order valence-corrected chi connectivity index (χ2v) is 12.7. The van der Waals surface area contributed by atoms with Crippen molar-refractivity contribution in [1.82, 2.24) is 14.5 Å². The highest BCUT2D eigenvalue weighted by Gasteiger charge is 2.32. The number of aromatic hydroxyl groups is 1. The monoisotopic (exact) mass is 600 g/mol. The number of carbonyl (C=O) groups is 1. The average Bonchev–Trinajstić information content (AvgIpc) is 3.86. The van der Waals surface area contributed by atoms with Crippen LogP contribution in [0.4, 0.5) is 5.82 Å². The molecule has 0 bridgehead atoms. The Bertz CT molecular complexity index is 1810. The van der Waals surface area contributed by atoms with Crippen LogP contribution in [-0.4, -0.2) is 34.0 Å². The van der Waals surface area contributed by atoms with E-state index >= 15 is 0 Å². The molecule has 43 heavy (non-hydrogen) atoms. The first-order chi connectivity index (χ1) is 20.7. The van der Waals surface area contributed by atoms with Crippen molar-refractivity contribution in [3.05, 3.63) is 88.1 Å². The van der Waals surface area contributed by atoms with Crippen LogP contribution >= 0.6 is 0 Å². The lowest BCUT2D eigenvalue weighted by atomic mass is 10.0. The molecule has 2 aromatic carbocycles. The molecule has 1 saturated carbocycles. The Labute approximate surface area is 251 Å². The quantitative estimate of drug-likeness (QED) is 0.227. The largest absolute Gasteiger partial charge is 0.493 e. The molecule has 0 radical (unpaired) electrons. The number of hydrogen-bond donors (Lipinski definition) is 2. The van der Waals surface area contributed by atoms with E-state index in [0.717, 1.165) is 42.4 Å². The number of nitrogens with zero attached hydrogens (tertiary/aromatic N) is 3. The summed E-state index contributed by atoms with van der Waals surface area (Å²) < 4.78 is 29.3. The van der Waals surface area contributed by atoms with Gasteiger partial charge in [0, 0.05) is 18.5 Å². The summed E-state index contributed by atoms with van der Waals surface area (Å²) in [5.74, 6) is 0.103. The first-order valence-corrected chi connectivity index (χ1v) is 16.3. The average molecular weight is 601 g/mol. The van der Waals surface area contributed by atoms with E-state index in [1.165, 1.54) is 16.7 Å². The molecule has 9 nitrogen and oxygen atoms in total. The maximum atomic E-state index is 13.9. The molecule has 0 aliphatic heterocycles. The summed E-state index contributed by atoms with van der Waals surface area (Å²) in [6, 6.07) is 15.3. The Balaban J connectivity index is 1.57. The molecular formula is C33H36N4O5S. The number of sulfone groups is 1. The van der Waals surface area contributed by atoms with Gasteiger partial charge >= 0.3 is 0 Å². The van der Waals surface area contributed by atoms with Crippen LogP contribution in [-0.2, 0) is 33.9 Å². The number of unbranched alkanes of at least 4 members (excludes halogenated alkanes) is 1. The highest BCUT2D eigenvalue weighted by atomic mass is 32.2. The predicted molar refractivity (Wildman–Crippen MR) is 165 cm³/mol. The van der Waals surface area contributed by atoms with Crippen LogP contribution in [0.5, 0.6) is 5.88 Å². The molecular weight excluding hydrogens is 564 g/mol. The third kappa shape index (κ3) is 6.10. The van der Waals surface area contributed by atoms with E-state index in [4.69, 9.17) is 0 Å². The number of aromatic nitrogens is 3. The fourth-order valence-electron chi connectivity index (χ4n) is 5.21. The first kappa shape index (κ1) is 30.2. The van der Waals surface area contributed by atoms with Crippen LogP contribution in [0.1, 0.15) is 63.4 Å². The molecule has 10 heteroatoms. The molecule has 5 rings (SSSR count). The molecule has 224 valence electrons. The van der Waals surface area contributed by atoms with E-state index < -0.39 is 26.2 Å². The third-order valence-electron chi connectivity index (χ3n) is 7.77. The van der Waals surface area contributed by atoms with Crippen molar-refractivity contribution < 1.29 is 18.3 Å². The summed E-state index contributed by atoms with van der Waals surface area (Å²) >= 11 is 0. The van der Waals surface area contributed by atoms with Gasteiger partial charge in [-0.2, -0.15) is 4.98 Å². The van der Waals surface area contributed by atoms with Gasteiger partial charge in [-0.25, -0.2) is 13.4 Å². The van der Waals surface area contributed by atoms with Gasteiger partial charge in [0.15, 0.2) is 4.90 Å². The van der Waals surface area contributed by atoms with E-state index in [9.17, 15) is 23.1 Å². The zero-order chi connectivity index (χ0) is 30.7. The summed E-state index contributed by atoms with van der Waals surface area (Å²) in [5, 5.41) is 14.4. The second kappa shape index (κ2) is 12.5. The van der Waals surface area contributed by atoms with E-state index in [-0.39, 0.29) is 16.7 Å². The Morgan fingerprint density at radius 3 is 2.28 bits per heavy atom. The van der Waals surface area contributed by atoms with Gasteiger partial charge in [0.05, 0.1) is 10.6 Å². The zero-order valence-electron chi connectivity index (χ0n) is 24.6. The van der Waals surface area contributed by atoms with Crippen molar-refractivity contribution in [3.63, 3.8) is 0 Å². The van der Waals surface area contributed by atoms with Crippen LogP contribution in [0.2, 0.25) is 0 Å². The molecule has 2 aromatic heterocycles. The molecule has 0 spiro atoms. The lowest BCUT2D eigenvalue weighted by Crippen LogP contribution is -2.25. The highest BCUT2D eigenvalue weighted by molar-refractivity contribution is 7.91. The van der Waals surface area contributed by atoms with Crippen molar-refractivity contribution in [2.75, 3.05) is 5.32 Å². The van der Waals surface area contributed by atoms with Gasteiger partial charge in [-0.1, -0.05) is 57.5 Å². The summed E-state index contributed by atoms with van der Waals surface area (Å²) in [7, 11) is -4.45. The van der Waals surface area contributed by atoms with Crippen LogP contribution in [0.25, 0.3) is 16.8 Å². The van der Waals surface area contributed by atoms with Crippen LogP contribution in [0.3, 0.4) is 0 Å². The number of hydrogen-bond acceptors (Lipinski definition) is 7. The maximum absolute atomic E-state index is 13.9. The van der Waals surface area contributed by atoms with Crippen molar-refractivity contribution in [3.8, 4) is 22.7 Å². The first-order valence-electron chi connectivity index (χ1n) is 14.8. The summed E-state index contributed by atoms with van der Waals surface area (Å²) in [5.41, 5.74) is 2.94. The van der Waals surface area contributed by atoms with E-state index in [0.29, 0.717) is 42.2 Å². The number of pyridine rings is 1. The van der Waals surface area contributed by atoms with Crippen molar-refractivity contribution in [1.29, 1.82) is 0 Å². The Hall–Kier alpha value is -4.31. The molecule has 1 aliphatic rings. The zero-order valence-corrected chi connectivity index (χ0v) is 25.4.